The molecule has 2 aromatic carbocycles. The van der Waals surface area contributed by atoms with Crippen molar-refractivity contribution in [3.63, 3.8) is 0 Å². The first-order chi connectivity index (χ1) is 14.5. The Hall–Kier alpha value is -3.12. The van der Waals surface area contributed by atoms with E-state index in [1.54, 1.807) is 19.3 Å². The molecule has 1 aliphatic heterocycles. The van der Waals surface area contributed by atoms with E-state index in [9.17, 15) is 9.59 Å². The first kappa shape index (κ1) is 21.6. The average Bonchev–Trinajstić information content (AvgIpc) is 2.75. The molecule has 2 aromatic rings. The summed E-state index contributed by atoms with van der Waals surface area (Å²) in [6, 6.07) is 13.6. The second kappa shape index (κ2) is 10.1. The van der Waals surface area contributed by atoms with Crippen molar-refractivity contribution in [1.82, 2.24) is 9.80 Å². The van der Waals surface area contributed by atoms with Gasteiger partial charge in [0.25, 0.3) is 0 Å². The molecule has 158 valence electrons. The number of anilines is 1. The van der Waals surface area contributed by atoms with Crippen LogP contribution in [0.5, 0.6) is 5.75 Å². The Balaban J connectivity index is 1.49. The van der Waals surface area contributed by atoms with E-state index in [0.29, 0.717) is 32.7 Å². The number of amides is 2. The maximum absolute atomic E-state index is 12.5. The van der Waals surface area contributed by atoms with Crippen molar-refractivity contribution in [2.45, 2.75) is 13.8 Å². The van der Waals surface area contributed by atoms with Gasteiger partial charge in [0.2, 0.25) is 11.8 Å². The molecule has 1 N–H and O–H groups in total. The normalized spacial score (nSPS) is 14.7. The minimum atomic E-state index is -0.0273. The van der Waals surface area contributed by atoms with Crippen LogP contribution in [-0.2, 0) is 9.59 Å². The van der Waals surface area contributed by atoms with Gasteiger partial charge in [-0.1, -0.05) is 36.4 Å². The smallest absolute Gasteiger partial charge is 0.246 e. The lowest BCUT2D eigenvalue weighted by atomic mass is 10.1. The topological polar surface area (TPSA) is 61.9 Å². The lowest BCUT2D eigenvalue weighted by Gasteiger charge is -2.33. The van der Waals surface area contributed by atoms with E-state index in [-0.39, 0.29) is 11.8 Å². The zero-order valence-electron chi connectivity index (χ0n) is 17.9. The van der Waals surface area contributed by atoms with E-state index in [4.69, 9.17) is 4.74 Å². The quantitative estimate of drug-likeness (QED) is 0.748. The van der Waals surface area contributed by atoms with Gasteiger partial charge in [0.1, 0.15) is 5.75 Å². The Morgan fingerprint density at radius 1 is 1.00 bits per heavy atom. The standard InChI is InChI=1S/C24H29N3O3/c1-18-7-6-8-19(2)24(18)25-22(28)17-26-13-15-27(16-14-26)23(29)12-11-20-9-4-5-10-21(20)30-3/h4-12H,13-17H2,1-3H3,(H,25,28)/b12-11+. The highest BCUT2D eigenvalue weighted by atomic mass is 16.5. The van der Waals surface area contributed by atoms with Crippen LogP contribution in [0.4, 0.5) is 5.69 Å². The molecule has 0 bridgehead atoms. The minimum Gasteiger partial charge on any atom is -0.496 e. The summed E-state index contributed by atoms with van der Waals surface area (Å²) in [7, 11) is 1.62. The van der Waals surface area contributed by atoms with Crippen LogP contribution in [0.15, 0.2) is 48.5 Å². The number of para-hydroxylation sites is 2. The second-order valence-corrected chi connectivity index (χ2v) is 7.49. The minimum absolute atomic E-state index is 0.0248. The number of aryl methyl sites for hydroxylation is 2. The second-order valence-electron chi connectivity index (χ2n) is 7.49. The molecule has 0 atom stereocenters. The van der Waals surface area contributed by atoms with Crippen molar-refractivity contribution in [2.75, 3.05) is 45.2 Å². The summed E-state index contributed by atoms with van der Waals surface area (Å²) < 4.78 is 5.31. The Morgan fingerprint density at radius 3 is 2.33 bits per heavy atom. The fourth-order valence-corrected chi connectivity index (χ4v) is 3.59. The molecule has 0 aromatic heterocycles. The zero-order chi connectivity index (χ0) is 21.5. The van der Waals surface area contributed by atoms with Crippen molar-refractivity contribution in [3.05, 3.63) is 65.2 Å². The molecule has 6 heteroatoms. The largest absolute Gasteiger partial charge is 0.496 e. The van der Waals surface area contributed by atoms with Crippen molar-refractivity contribution in [1.29, 1.82) is 0 Å². The molecule has 1 saturated heterocycles. The SMILES string of the molecule is COc1ccccc1/C=C/C(=O)N1CCN(CC(=O)Nc2c(C)cccc2C)CC1. The van der Waals surface area contributed by atoms with Crippen LogP contribution in [0.1, 0.15) is 16.7 Å². The molecule has 0 spiro atoms. The third-order valence-corrected chi connectivity index (χ3v) is 5.34. The van der Waals surface area contributed by atoms with Crippen molar-refractivity contribution in [3.8, 4) is 5.75 Å². The highest BCUT2D eigenvalue weighted by Crippen LogP contribution is 2.20. The van der Waals surface area contributed by atoms with Gasteiger partial charge >= 0.3 is 0 Å². The Labute approximate surface area is 178 Å². The van der Waals surface area contributed by atoms with Crippen LogP contribution < -0.4 is 10.1 Å². The van der Waals surface area contributed by atoms with E-state index < -0.39 is 0 Å². The van der Waals surface area contributed by atoms with Gasteiger partial charge in [-0.25, -0.2) is 0 Å². The summed E-state index contributed by atoms with van der Waals surface area (Å²) in [5.41, 5.74) is 3.87. The Morgan fingerprint density at radius 2 is 1.67 bits per heavy atom. The van der Waals surface area contributed by atoms with E-state index >= 15 is 0 Å². The molecule has 0 radical (unpaired) electrons. The number of rotatable bonds is 6. The fourth-order valence-electron chi connectivity index (χ4n) is 3.59. The number of hydrogen-bond donors (Lipinski definition) is 1. The van der Waals surface area contributed by atoms with Gasteiger partial charge in [0.05, 0.1) is 13.7 Å². The Kier molecular flexibility index (Phi) is 7.25. The average molecular weight is 408 g/mol. The van der Waals surface area contributed by atoms with Crippen LogP contribution in [0, 0.1) is 13.8 Å². The van der Waals surface area contributed by atoms with Gasteiger partial charge in [-0.05, 0) is 37.1 Å². The lowest BCUT2D eigenvalue weighted by molar-refractivity contribution is -0.127. The lowest BCUT2D eigenvalue weighted by Crippen LogP contribution is -2.50. The summed E-state index contributed by atoms with van der Waals surface area (Å²) in [5.74, 6) is 0.685. The molecule has 30 heavy (non-hydrogen) atoms. The number of carbonyl (C=O) groups is 2. The number of nitrogens with zero attached hydrogens (tertiary/aromatic N) is 2. The van der Waals surface area contributed by atoms with E-state index in [2.05, 4.69) is 10.2 Å². The molecule has 0 saturated carbocycles. The van der Waals surface area contributed by atoms with Crippen molar-refractivity contribution < 1.29 is 14.3 Å². The first-order valence-corrected chi connectivity index (χ1v) is 10.2. The molecule has 0 aliphatic carbocycles. The number of carbonyl (C=O) groups excluding carboxylic acids is 2. The van der Waals surface area contributed by atoms with Crippen LogP contribution >= 0.6 is 0 Å². The van der Waals surface area contributed by atoms with Gasteiger partial charge in [-0.3, -0.25) is 14.5 Å². The van der Waals surface area contributed by atoms with Crippen LogP contribution in [0.2, 0.25) is 0 Å². The van der Waals surface area contributed by atoms with Crippen molar-refractivity contribution in [2.24, 2.45) is 0 Å². The molecule has 1 aliphatic rings. The van der Waals surface area contributed by atoms with E-state index in [1.165, 1.54) is 0 Å². The molecule has 6 nitrogen and oxygen atoms in total. The number of benzene rings is 2. The summed E-state index contributed by atoms with van der Waals surface area (Å²) >= 11 is 0. The summed E-state index contributed by atoms with van der Waals surface area (Å²) in [4.78, 5) is 28.9. The maximum atomic E-state index is 12.5. The number of methoxy groups -OCH3 is 1. The first-order valence-electron chi connectivity index (χ1n) is 10.2. The van der Waals surface area contributed by atoms with Gasteiger partial charge in [0, 0.05) is 43.5 Å². The third kappa shape index (κ3) is 5.48. The Bertz CT molecular complexity index is 911. The molecule has 1 fully saturated rings. The van der Waals surface area contributed by atoms with E-state index in [1.807, 2.05) is 61.2 Å². The fraction of sp³-hybridized carbons (Fsp3) is 0.333. The number of piperazine rings is 1. The number of nitrogens with one attached hydrogen (secondary N) is 1. The summed E-state index contributed by atoms with van der Waals surface area (Å²) in [6.45, 7) is 6.87. The third-order valence-electron chi connectivity index (χ3n) is 5.34. The van der Waals surface area contributed by atoms with Gasteiger partial charge in [-0.2, -0.15) is 0 Å². The molecular formula is C24H29N3O3. The van der Waals surface area contributed by atoms with Gasteiger partial charge in [0.15, 0.2) is 0 Å². The predicted octanol–water partition coefficient (Wildman–Crippen LogP) is 3.11. The summed E-state index contributed by atoms with van der Waals surface area (Å²) in [5, 5.41) is 3.02. The number of ether oxygens (including phenoxy) is 1. The van der Waals surface area contributed by atoms with E-state index in [0.717, 1.165) is 28.1 Å². The maximum Gasteiger partial charge on any atom is 0.246 e. The monoisotopic (exact) mass is 407 g/mol. The highest BCUT2D eigenvalue weighted by molar-refractivity contribution is 5.94. The molecule has 3 rings (SSSR count). The van der Waals surface area contributed by atoms with Gasteiger partial charge in [-0.15, -0.1) is 0 Å². The molecular weight excluding hydrogens is 378 g/mol. The molecule has 0 unspecified atom stereocenters. The van der Waals surface area contributed by atoms with Crippen LogP contribution in [0.25, 0.3) is 6.08 Å². The zero-order valence-corrected chi connectivity index (χ0v) is 17.9. The van der Waals surface area contributed by atoms with Crippen molar-refractivity contribution >= 4 is 23.6 Å². The highest BCUT2D eigenvalue weighted by Gasteiger charge is 2.21. The summed E-state index contributed by atoms with van der Waals surface area (Å²) in [6.07, 6.45) is 3.37. The predicted molar refractivity (Wildman–Crippen MR) is 120 cm³/mol. The molecule has 2 amide bonds. The van der Waals surface area contributed by atoms with Gasteiger partial charge < -0.3 is 15.0 Å². The van der Waals surface area contributed by atoms with Crippen LogP contribution in [0.3, 0.4) is 0 Å². The number of hydrogen-bond acceptors (Lipinski definition) is 4. The van der Waals surface area contributed by atoms with Crippen LogP contribution in [-0.4, -0.2) is 61.4 Å². The molecule has 1 heterocycles.